The minimum Gasteiger partial charge on any atom is -0.396 e. The third-order valence-electron chi connectivity index (χ3n) is 2.12. The van der Waals surface area contributed by atoms with Gasteiger partial charge in [-0.3, -0.25) is 4.79 Å². The van der Waals surface area contributed by atoms with E-state index in [-0.39, 0.29) is 12.5 Å². The van der Waals surface area contributed by atoms with Crippen LogP contribution in [0.25, 0.3) is 0 Å². The largest absolute Gasteiger partial charge is 0.396 e. The van der Waals surface area contributed by atoms with Crippen LogP contribution >= 0.6 is 0 Å². The van der Waals surface area contributed by atoms with E-state index >= 15 is 0 Å². The smallest absolute Gasteiger partial charge is 0.224 e. The highest BCUT2D eigenvalue weighted by Gasteiger charge is 2.00. The number of amides is 1. The molecular formula is C12H17NO2. The minimum atomic E-state index is 0.0409. The van der Waals surface area contributed by atoms with Crippen LogP contribution in [0.1, 0.15) is 25.7 Å². The Morgan fingerprint density at radius 3 is 2.53 bits per heavy atom. The predicted molar refractivity (Wildman–Crippen MR) is 60.6 cm³/mol. The van der Waals surface area contributed by atoms with Gasteiger partial charge in [0.2, 0.25) is 5.91 Å². The van der Waals surface area contributed by atoms with Crippen LogP contribution in [0.4, 0.5) is 5.69 Å². The molecule has 0 atom stereocenters. The van der Waals surface area contributed by atoms with E-state index in [1.54, 1.807) is 0 Å². The van der Waals surface area contributed by atoms with Gasteiger partial charge in [-0.05, 0) is 25.0 Å². The van der Waals surface area contributed by atoms with Crippen LogP contribution in [0.3, 0.4) is 0 Å². The van der Waals surface area contributed by atoms with Gasteiger partial charge >= 0.3 is 0 Å². The molecule has 82 valence electrons. The second-order valence-corrected chi connectivity index (χ2v) is 3.45. The van der Waals surface area contributed by atoms with Crippen molar-refractivity contribution >= 4 is 11.6 Å². The Bertz CT molecular complexity index is 285. The molecule has 0 aliphatic carbocycles. The van der Waals surface area contributed by atoms with Crippen LogP contribution in [0.2, 0.25) is 0 Å². The Morgan fingerprint density at radius 1 is 1.13 bits per heavy atom. The normalized spacial score (nSPS) is 9.93. The zero-order chi connectivity index (χ0) is 10.9. The Morgan fingerprint density at radius 2 is 1.87 bits per heavy atom. The molecule has 0 spiro atoms. The van der Waals surface area contributed by atoms with Gasteiger partial charge in [0.15, 0.2) is 0 Å². The zero-order valence-electron chi connectivity index (χ0n) is 8.78. The second kappa shape index (κ2) is 7.01. The summed E-state index contributed by atoms with van der Waals surface area (Å²) in [7, 11) is 0. The van der Waals surface area contributed by atoms with Crippen molar-refractivity contribution in [1.82, 2.24) is 0 Å². The molecule has 1 aromatic carbocycles. The van der Waals surface area contributed by atoms with E-state index in [4.69, 9.17) is 5.11 Å². The number of hydrogen-bond acceptors (Lipinski definition) is 2. The molecule has 15 heavy (non-hydrogen) atoms. The Balaban J connectivity index is 2.19. The first-order chi connectivity index (χ1) is 7.33. The van der Waals surface area contributed by atoms with Gasteiger partial charge in [0, 0.05) is 18.7 Å². The molecule has 0 radical (unpaired) electrons. The summed E-state index contributed by atoms with van der Waals surface area (Å²) < 4.78 is 0. The average Bonchev–Trinajstić information content (AvgIpc) is 2.26. The zero-order valence-corrected chi connectivity index (χ0v) is 8.78. The summed E-state index contributed by atoms with van der Waals surface area (Å²) in [6.07, 6.45) is 3.03. The lowest BCUT2D eigenvalue weighted by atomic mass is 10.2. The lowest BCUT2D eigenvalue weighted by molar-refractivity contribution is -0.116. The number of hydrogen-bond donors (Lipinski definition) is 2. The molecule has 1 rings (SSSR count). The van der Waals surface area contributed by atoms with Gasteiger partial charge in [-0.1, -0.05) is 24.6 Å². The topological polar surface area (TPSA) is 49.3 Å². The van der Waals surface area contributed by atoms with E-state index in [0.29, 0.717) is 6.42 Å². The first kappa shape index (κ1) is 11.7. The van der Waals surface area contributed by atoms with Gasteiger partial charge in [-0.15, -0.1) is 0 Å². The van der Waals surface area contributed by atoms with Crippen LogP contribution in [0, 0.1) is 0 Å². The van der Waals surface area contributed by atoms with Gasteiger partial charge in [-0.2, -0.15) is 0 Å². The van der Waals surface area contributed by atoms with Crippen molar-refractivity contribution < 1.29 is 9.90 Å². The summed E-state index contributed by atoms with van der Waals surface area (Å²) in [5.74, 6) is 0.0409. The van der Waals surface area contributed by atoms with Crippen LogP contribution in [0.15, 0.2) is 30.3 Å². The molecular weight excluding hydrogens is 190 g/mol. The summed E-state index contributed by atoms with van der Waals surface area (Å²) in [5, 5.41) is 11.4. The number of nitrogens with one attached hydrogen (secondary N) is 1. The van der Waals surface area contributed by atoms with Crippen molar-refractivity contribution in [2.45, 2.75) is 25.7 Å². The van der Waals surface area contributed by atoms with Crippen molar-refractivity contribution in [2.24, 2.45) is 0 Å². The molecule has 0 unspecified atom stereocenters. The average molecular weight is 207 g/mol. The summed E-state index contributed by atoms with van der Waals surface area (Å²) >= 11 is 0. The SMILES string of the molecule is O=C(CCCCCO)Nc1ccccc1. The molecule has 0 saturated carbocycles. The monoisotopic (exact) mass is 207 g/mol. The number of anilines is 1. The fourth-order valence-corrected chi connectivity index (χ4v) is 1.32. The van der Waals surface area contributed by atoms with Gasteiger partial charge in [0.05, 0.1) is 0 Å². The minimum absolute atomic E-state index is 0.0409. The molecule has 0 aliphatic heterocycles. The molecule has 0 aliphatic rings. The van der Waals surface area contributed by atoms with E-state index in [0.717, 1.165) is 24.9 Å². The van der Waals surface area contributed by atoms with Crippen molar-refractivity contribution in [1.29, 1.82) is 0 Å². The number of para-hydroxylation sites is 1. The Hall–Kier alpha value is -1.35. The molecule has 1 amide bonds. The van der Waals surface area contributed by atoms with E-state index in [1.165, 1.54) is 0 Å². The number of carbonyl (C=O) groups excluding carboxylic acids is 1. The van der Waals surface area contributed by atoms with Crippen LogP contribution in [-0.2, 0) is 4.79 Å². The van der Waals surface area contributed by atoms with Crippen LogP contribution in [-0.4, -0.2) is 17.6 Å². The highest BCUT2D eigenvalue weighted by molar-refractivity contribution is 5.90. The van der Waals surface area contributed by atoms with Crippen molar-refractivity contribution in [3.63, 3.8) is 0 Å². The standard InChI is InChI=1S/C12H17NO2/c14-10-6-2-5-9-12(15)13-11-7-3-1-4-8-11/h1,3-4,7-8,14H,2,5-6,9-10H2,(H,13,15). The van der Waals surface area contributed by atoms with Crippen molar-refractivity contribution in [2.75, 3.05) is 11.9 Å². The number of benzene rings is 1. The number of unbranched alkanes of at least 4 members (excludes halogenated alkanes) is 2. The lowest BCUT2D eigenvalue weighted by Crippen LogP contribution is -2.10. The lowest BCUT2D eigenvalue weighted by Gasteiger charge is -2.04. The maximum Gasteiger partial charge on any atom is 0.224 e. The maximum atomic E-state index is 11.4. The molecule has 3 heteroatoms. The number of aliphatic hydroxyl groups excluding tert-OH is 1. The van der Waals surface area contributed by atoms with E-state index in [2.05, 4.69) is 5.32 Å². The van der Waals surface area contributed by atoms with Crippen molar-refractivity contribution in [3.05, 3.63) is 30.3 Å². The quantitative estimate of drug-likeness (QED) is 0.702. The van der Waals surface area contributed by atoms with Gasteiger partial charge in [0.1, 0.15) is 0 Å². The Kier molecular flexibility index (Phi) is 5.48. The molecule has 0 saturated heterocycles. The predicted octanol–water partition coefficient (Wildman–Crippen LogP) is 2.18. The summed E-state index contributed by atoms with van der Waals surface area (Å²) in [4.78, 5) is 11.4. The summed E-state index contributed by atoms with van der Waals surface area (Å²) in [6.45, 7) is 0.209. The highest BCUT2D eigenvalue weighted by atomic mass is 16.2. The third-order valence-corrected chi connectivity index (χ3v) is 2.12. The van der Waals surface area contributed by atoms with Gasteiger partial charge < -0.3 is 10.4 Å². The second-order valence-electron chi connectivity index (χ2n) is 3.45. The molecule has 1 aromatic rings. The highest BCUT2D eigenvalue weighted by Crippen LogP contribution is 2.07. The molecule has 0 aromatic heterocycles. The van der Waals surface area contributed by atoms with Gasteiger partial charge in [-0.25, -0.2) is 0 Å². The van der Waals surface area contributed by atoms with Crippen molar-refractivity contribution in [3.8, 4) is 0 Å². The fraction of sp³-hybridized carbons (Fsp3) is 0.417. The number of rotatable bonds is 6. The molecule has 3 nitrogen and oxygen atoms in total. The van der Waals surface area contributed by atoms with Crippen LogP contribution in [0.5, 0.6) is 0 Å². The fourth-order valence-electron chi connectivity index (χ4n) is 1.32. The Labute approximate surface area is 90.1 Å². The molecule has 0 bridgehead atoms. The summed E-state index contributed by atoms with van der Waals surface area (Å²) in [6, 6.07) is 9.43. The third kappa shape index (κ3) is 5.18. The maximum absolute atomic E-state index is 11.4. The molecule has 0 heterocycles. The van der Waals surface area contributed by atoms with Gasteiger partial charge in [0.25, 0.3) is 0 Å². The summed E-state index contributed by atoms with van der Waals surface area (Å²) in [5.41, 5.74) is 0.838. The van der Waals surface area contributed by atoms with E-state index < -0.39 is 0 Å². The molecule has 0 fully saturated rings. The van der Waals surface area contributed by atoms with E-state index in [1.807, 2.05) is 30.3 Å². The first-order valence-corrected chi connectivity index (χ1v) is 5.28. The first-order valence-electron chi connectivity index (χ1n) is 5.28. The number of aliphatic hydroxyl groups is 1. The number of carbonyl (C=O) groups is 1. The van der Waals surface area contributed by atoms with E-state index in [9.17, 15) is 4.79 Å². The molecule has 2 N–H and O–H groups in total. The van der Waals surface area contributed by atoms with Crippen LogP contribution < -0.4 is 5.32 Å².